The molecule has 1 unspecified atom stereocenters. The van der Waals surface area contributed by atoms with Crippen LogP contribution in [0.5, 0.6) is 0 Å². The monoisotopic (exact) mass is 604 g/mol. The van der Waals surface area contributed by atoms with Gasteiger partial charge in [0.15, 0.2) is 0 Å². The molecule has 1 heterocycles. The molecule has 2 N–H and O–H groups in total. The van der Waals surface area contributed by atoms with Gasteiger partial charge in [-0.25, -0.2) is 9.59 Å². The first-order chi connectivity index (χ1) is 18.7. The Hall–Kier alpha value is -3.64. The molecule has 14 heteroatoms. The van der Waals surface area contributed by atoms with Crippen LogP contribution in [0.3, 0.4) is 0 Å². The summed E-state index contributed by atoms with van der Waals surface area (Å²) in [6.45, 7) is -0.155. The van der Waals surface area contributed by atoms with Crippen LogP contribution in [0.15, 0.2) is 66.7 Å². The Morgan fingerprint density at radius 3 is 1.73 bits per heavy atom. The molecule has 1 aliphatic heterocycles. The first-order valence-corrected chi connectivity index (χ1v) is 12.4. The molecule has 212 valence electrons. The van der Waals surface area contributed by atoms with Crippen LogP contribution >= 0.6 is 23.2 Å². The van der Waals surface area contributed by atoms with Crippen LogP contribution in [-0.2, 0) is 12.4 Å². The van der Waals surface area contributed by atoms with Gasteiger partial charge in [-0.2, -0.15) is 26.3 Å². The van der Waals surface area contributed by atoms with Gasteiger partial charge < -0.3 is 20.4 Å². The number of hydrogen-bond acceptors (Lipinski definition) is 2. The van der Waals surface area contributed by atoms with E-state index in [1.165, 1.54) is 9.80 Å². The highest BCUT2D eigenvalue weighted by molar-refractivity contribution is 6.34. The zero-order valence-corrected chi connectivity index (χ0v) is 21.8. The topological polar surface area (TPSA) is 64.7 Å². The van der Waals surface area contributed by atoms with Gasteiger partial charge >= 0.3 is 24.4 Å². The molecule has 0 aromatic heterocycles. The molecule has 0 bridgehead atoms. The summed E-state index contributed by atoms with van der Waals surface area (Å²) < 4.78 is 79.0. The second-order valence-corrected chi connectivity index (χ2v) is 9.63. The van der Waals surface area contributed by atoms with Gasteiger partial charge in [-0.15, -0.1) is 0 Å². The maximum Gasteiger partial charge on any atom is 0.416 e. The van der Waals surface area contributed by atoms with Crippen molar-refractivity contribution in [3.05, 3.63) is 93.5 Å². The number of benzene rings is 3. The van der Waals surface area contributed by atoms with Crippen molar-refractivity contribution in [3.63, 3.8) is 0 Å². The maximum absolute atomic E-state index is 13.2. The van der Waals surface area contributed by atoms with Crippen LogP contribution in [0.4, 0.5) is 47.3 Å². The third-order valence-electron chi connectivity index (χ3n) is 6.18. The molecule has 3 aromatic carbocycles. The number of carbonyl (C=O) groups excluding carboxylic acids is 2. The summed E-state index contributed by atoms with van der Waals surface area (Å²) in [5.41, 5.74) is -1.86. The normalized spacial score (nSPS) is 16.1. The van der Waals surface area contributed by atoms with Gasteiger partial charge in [-0.3, -0.25) is 0 Å². The third kappa shape index (κ3) is 6.73. The van der Waals surface area contributed by atoms with Crippen LogP contribution in [-0.4, -0.2) is 41.5 Å². The zero-order chi connectivity index (χ0) is 29.2. The number of nitrogens with zero attached hydrogens (tertiary/aromatic N) is 2. The Balaban J connectivity index is 1.55. The minimum absolute atomic E-state index is 0.0323. The van der Waals surface area contributed by atoms with Crippen LogP contribution in [0.1, 0.15) is 22.7 Å². The number of anilines is 2. The fourth-order valence-corrected chi connectivity index (χ4v) is 4.48. The van der Waals surface area contributed by atoms with E-state index in [2.05, 4.69) is 10.6 Å². The van der Waals surface area contributed by atoms with Crippen molar-refractivity contribution >= 4 is 46.6 Å². The molecule has 4 rings (SSSR count). The lowest BCUT2D eigenvalue weighted by Gasteiger charge is -2.41. The molecule has 0 radical (unpaired) electrons. The van der Waals surface area contributed by atoms with Crippen molar-refractivity contribution in [1.29, 1.82) is 0 Å². The molecule has 4 amide bonds. The molecule has 1 aliphatic rings. The Bertz CT molecular complexity index is 1400. The molecule has 40 heavy (non-hydrogen) atoms. The summed E-state index contributed by atoms with van der Waals surface area (Å²) in [7, 11) is 0. The Labute approximate surface area is 234 Å². The zero-order valence-electron chi connectivity index (χ0n) is 20.3. The second kappa shape index (κ2) is 11.5. The molecule has 0 aliphatic carbocycles. The molecule has 6 nitrogen and oxygen atoms in total. The maximum atomic E-state index is 13.2. The van der Waals surface area contributed by atoms with Crippen LogP contribution in [0, 0.1) is 0 Å². The fraction of sp³-hybridized carbons (Fsp3) is 0.231. The number of alkyl halides is 6. The number of carbonyl (C=O) groups is 2. The molecule has 0 spiro atoms. The Morgan fingerprint density at radius 1 is 0.725 bits per heavy atom. The quantitative estimate of drug-likeness (QED) is 0.296. The molecule has 1 saturated heterocycles. The van der Waals surface area contributed by atoms with Crippen molar-refractivity contribution in [1.82, 2.24) is 9.80 Å². The predicted molar refractivity (Wildman–Crippen MR) is 138 cm³/mol. The Morgan fingerprint density at radius 2 is 1.23 bits per heavy atom. The number of nitrogens with one attached hydrogen (secondary N) is 2. The highest BCUT2D eigenvalue weighted by atomic mass is 35.5. The summed E-state index contributed by atoms with van der Waals surface area (Å²) >= 11 is 12.0. The van der Waals surface area contributed by atoms with E-state index in [0.29, 0.717) is 5.56 Å². The second-order valence-electron chi connectivity index (χ2n) is 8.81. The largest absolute Gasteiger partial charge is 0.416 e. The van der Waals surface area contributed by atoms with Gasteiger partial charge in [0.05, 0.1) is 38.6 Å². The van der Waals surface area contributed by atoms with E-state index in [1.54, 1.807) is 30.3 Å². The minimum atomic E-state index is -4.65. The molecule has 3 aromatic rings. The van der Waals surface area contributed by atoms with Gasteiger partial charge in [0.25, 0.3) is 0 Å². The van der Waals surface area contributed by atoms with Gasteiger partial charge in [0, 0.05) is 19.6 Å². The van der Waals surface area contributed by atoms with E-state index in [9.17, 15) is 35.9 Å². The van der Waals surface area contributed by atoms with E-state index in [-0.39, 0.29) is 41.1 Å². The van der Waals surface area contributed by atoms with Gasteiger partial charge in [0.1, 0.15) is 0 Å². The number of amides is 4. The molecule has 1 fully saturated rings. The van der Waals surface area contributed by atoms with E-state index in [0.717, 1.165) is 36.4 Å². The van der Waals surface area contributed by atoms with Crippen LogP contribution < -0.4 is 10.6 Å². The highest BCUT2D eigenvalue weighted by Crippen LogP contribution is 2.36. The summed E-state index contributed by atoms with van der Waals surface area (Å²) in [4.78, 5) is 28.9. The first kappa shape index (κ1) is 29.3. The van der Waals surface area contributed by atoms with Gasteiger partial charge in [-0.1, -0.05) is 53.5 Å². The number of rotatable bonds is 3. The average molecular weight is 605 g/mol. The SMILES string of the molecule is O=C(Nc1cc(C(F)(F)F)ccc1Cl)N1CCN(C(=O)Nc2cc(C(F)(F)F)ccc2Cl)C(c2ccccc2)C1. The standard InChI is InChI=1S/C26H20Cl2F6N4O2/c27-18-8-6-16(25(29,30)31)12-20(18)35-23(39)37-10-11-38(22(14-37)15-4-2-1-3-5-15)24(40)36-21-13-17(26(32,33)34)7-9-19(21)28/h1-9,12-13,22H,10-11,14H2,(H,35,39)(H,36,40). The number of urea groups is 2. The average Bonchev–Trinajstić information content (AvgIpc) is 2.90. The minimum Gasteiger partial charge on any atom is -0.320 e. The van der Waals surface area contributed by atoms with Gasteiger partial charge in [0.2, 0.25) is 0 Å². The summed E-state index contributed by atoms with van der Waals surface area (Å²) in [5, 5.41) is 4.60. The van der Waals surface area contributed by atoms with Crippen molar-refractivity contribution in [2.24, 2.45) is 0 Å². The summed E-state index contributed by atoms with van der Waals surface area (Å²) in [6, 6.07) is 11.4. The van der Waals surface area contributed by atoms with Gasteiger partial charge in [-0.05, 0) is 42.0 Å². The number of halogens is 8. The first-order valence-electron chi connectivity index (χ1n) is 11.7. The third-order valence-corrected chi connectivity index (χ3v) is 6.84. The Kier molecular flexibility index (Phi) is 8.41. The fourth-order valence-electron chi connectivity index (χ4n) is 4.15. The van der Waals surface area contributed by atoms with Crippen LogP contribution in [0.25, 0.3) is 0 Å². The molecule has 0 saturated carbocycles. The predicted octanol–water partition coefficient (Wildman–Crippen LogP) is 8.15. The lowest BCUT2D eigenvalue weighted by molar-refractivity contribution is -0.138. The molecular weight excluding hydrogens is 585 g/mol. The summed E-state index contributed by atoms with van der Waals surface area (Å²) in [5.74, 6) is 0. The van der Waals surface area contributed by atoms with E-state index < -0.39 is 41.6 Å². The van der Waals surface area contributed by atoms with Crippen LogP contribution in [0.2, 0.25) is 10.0 Å². The van der Waals surface area contributed by atoms with Crippen molar-refractivity contribution in [2.75, 3.05) is 30.3 Å². The highest BCUT2D eigenvalue weighted by Gasteiger charge is 2.36. The van der Waals surface area contributed by atoms with E-state index >= 15 is 0 Å². The van der Waals surface area contributed by atoms with Crippen molar-refractivity contribution in [3.8, 4) is 0 Å². The number of hydrogen-bond donors (Lipinski definition) is 2. The van der Waals surface area contributed by atoms with Crippen molar-refractivity contribution in [2.45, 2.75) is 18.4 Å². The molecule has 1 atom stereocenters. The van der Waals surface area contributed by atoms with E-state index in [4.69, 9.17) is 23.2 Å². The lowest BCUT2D eigenvalue weighted by Crippen LogP contribution is -2.54. The molecular formula is C26H20Cl2F6N4O2. The van der Waals surface area contributed by atoms with E-state index in [1.807, 2.05) is 0 Å². The van der Waals surface area contributed by atoms with Crippen molar-refractivity contribution < 1.29 is 35.9 Å². The smallest absolute Gasteiger partial charge is 0.320 e. The number of piperazine rings is 1. The summed E-state index contributed by atoms with van der Waals surface area (Å²) in [6.07, 6.45) is -9.30. The lowest BCUT2D eigenvalue weighted by atomic mass is 10.0.